The minimum Gasteiger partial charge on any atom is -0.497 e. The molecule has 0 bridgehead atoms. The van der Waals surface area contributed by atoms with Gasteiger partial charge in [-0.1, -0.05) is 48.2 Å². The van der Waals surface area contributed by atoms with Gasteiger partial charge in [-0.3, -0.25) is 9.59 Å². The summed E-state index contributed by atoms with van der Waals surface area (Å²) in [6.07, 6.45) is 0. The van der Waals surface area contributed by atoms with Crippen molar-refractivity contribution >= 4 is 34.7 Å². The van der Waals surface area contributed by atoms with E-state index in [4.69, 9.17) is 9.47 Å². The molecule has 35 heavy (non-hydrogen) atoms. The fourth-order valence-electron chi connectivity index (χ4n) is 3.43. The van der Waals surface area contributed by atoms with Gasteiger partial charge in [0.15, 0.2) is 11.8 Å². The summed E-state index contributed by atoms with van der Waals surface area (Å²) in [5, 5.41) is 3.35. The second kappa shape index (κ2) is 11.5. The van der Waals surface area contributed by atoms with Crippen molar-refractivity contribution in [2.45, 2.75) is 18.2 Å². The van der Waals surface area contributed by atoms with Crippen LogP contribution in [-0.4, -0.2) is 40.9 Å². The first-order valence-corrected chi connectivity index (χ1v) is 11.9. The number of carbonyl (C=O) groups is 2. The number of methoxy groups -OCH3 is 1. The molecule has 4 rings (SSSR count). The average molecular weight is 494 g/mol. The van der Waals surface area contributed by atoms with Gasteiger partial charge in [0.1, 0.15) is 11.6 Å². The van der Waals surface area contributed by atoms with Crippen LogP contribution < -0.4 is 10.1 Å². The molecule has 1 amide bonds. The minimum absolute atomic E-state index is 0.00406. The maximum atomic E-state index is 13.3. The van der Waals surface area contributed by atoms with Gasteiger partial charge in [-0.2, -0.15) is 0 Å². The standard InChI is InChI=1S/C26H24FN3O4S/c1-33-21-6-4-5-19(13-21)14-28-24(31)16-34-25(32)17-35-26-29-22-7-2-3-8-23(22)30(26)15-18-9-11-20(27)12-10-18/h2-13H,14-17H2,1H3,(H,28,31). The molecule has 0 radical (unpaired) electrons. The minimum atomic E-state index is -0.521. The van der Waals surface area contributed by atoms with Crippen LogP contribution in [0.3, 0.4) is 0 Å². The summed E-state index contributed by atoms with van der Waals surface area (Å²) in [6, 6.07) is 21.3. The Labute approximate surface area is 206 Å². The number of hydrogen-bond acceptors (Lipinski definition) is 6. The Balaban J connectivity index is 1.32. The Morgan fingerprint density at radius 3 is 2.63 bits per heavy atom. The Morgan fingerprint density at radius 1 is 1.03 bits per heavy atom. The van der Waals surface area contributed by atoms with Gasteiger partial charge in [0.25, 0.3) is 5.91 Å². The molecule has 0 atom stereocenters. The van der Waals surface area contributed by atoms with Crippen molar-refractivity contribution in [1.82, 2.24) is 14.9 Å². The van der Waals surface area contributed by atoms with E-state index in [1.54, 1.807) is 19.2 Å². The zero-order valence-electron chi connectivity index (χ0n) is 19.1. The highest BCUT2D eigenvalue weighted by Gasteiger charge is 2.15. The molecule has 4 aromatic rings. The number of esters is 1. The number of nitrogens with zero attached hydrogens (tertiary/aromatic N) is 2. The van der Waals surface area contributed by atoms with Crippen molar-refractivity contribution < 1.29 is 23.5 Å². The van der Waals surface area contributed by atoms with Crippen LogP contribution in [0.5, 0.6) is 5.75 Å². The summed E-state index contributed by atoms with van der Waals surface area (Å²) in [7, 11) is 1.58. The normalized spacial score (nSPS) is 10.8. The topological polar surface area (TPSA) is 82.4 Å². The summed E-state index contributed by atoms with van der Waals surface area (Å²) >= 11 is 1.23. The van der Waals surface area contributed by atoms with Crippen molar-refractivity contribution in [3.8, 4) is 5.75 Å². The lowest BCUT2D eigenvalue weighted by molar-refractivity contribution is -0.145. The number of ether oxygens (including phenoxy) is 2. The SMILES string of the molecule is COc1cccc(CNC(=O)COC(=O)CSc2nc3ccccc3n2Cc2ccc(F)cc2)c1. The number of nitrogens with one attached hydrogen (secondary N) is 1. The molecule has 0 unspecified atom stereocenters. The van der Waals surface area contributed by atoms with Gasteiger partial charge in [0.05, 0.1) is 30.4 Å². The molecule has 7 nitrogen and oxygen atoms in total. The summed E-state index contributed by atoms with van der Waals surface area (Å²) in [5.74, 6) is -0.517. The highest BCUT2D eigenvalue weighted by atomic mass is 32.2. The first kappa shape index (κ1) is 24.3. The van der Waals surface area contributed by atoms with Crippen LogP contribution in [0, 0.1) is 5.82 Å². The van der Waals surface area contributed by atoms with Crippen LogP contribution in [0.25, 0.3) is 11.0 Å². The molecule has 0 aliphatic rings. The van der Waals surface area contributed by atoms with E-state index < -0.39 is 11.9 Å². The van der Waals surface area contributed by atoms with E-state index >= 15 is 0 Å². The predicted octanol–water partition coefficient (Wildman–Crippen LogP) is 4.18. The molecule has 1 heterocycles. The molecule has 0 fully saturated rings. The van der Waals surface area contributed by atoms with Crippen LogP contribution in [0.15, 0.2) is 78.0 Å². The van der Waals surface area contributed by atoms with Crippen molar-refractivity contribution in [3.63, 3.8) is 0 Å². The Hall–Kier alpha value is -3.85. The maximum absolute atomic E-state index is 13.3. The number of imidazole rings is 1. The smallest absolute Gasteiger partial charge is 0.316 e. The Bertz CT molecular complexity index is 1320. The molecule has 0 aliphatic heterocycles. The molecule has 0 aliphatic carbocycles. The number of hydrogen-bond donors (Lipinski definition) is 1. The predicted molar refractivity (Wildman–Crippen MR) is 132 cm³/mol. The monoisotopic (exact) mass is 493 g/mol. The maximum Gasteiger partial charge on any atom is 0.316 e. The first-order chi connectivity index (χ1) is 17.0. The number of benzene rings is 3. The first-order valence-electron chi connectivity index (χ1n) is 10.9. The number of rotatable bonds is 10. The van der Waals surface area contributed by atoms with Gasteiger partial charge in [-0.05, 0) is 47.5 Å². The molecule has 1 N–H and O–H groups in total. The number of carbonyl (C=O) groups excluding carboxylic acids is 2. The van der Waals surface area contributed by atoms with E-state index in [0.717, 1.165) is 22.2 Å². The summed E-state index contributed by atoms with van der Waals surface area (Å²) in [6.45, 7) is 0.413. The second-order valence-corrected chi connectivity index (χ2v) is 8.62. The quantitative estimate of drug-likeness (QED) is 0.264. The van der Waals surface area contributed by atoms with E-state index in [0.29, 0.717) is 24.0 Å². The summed E-state index contributed by atoms with van der Waals surface area (Å²) in [4.78, 5) is 29.0. The lowest BCUT2D eigenvalue weighted by Gasteiger charge is -2.10. The number of thioether (sulfide) groups is 1. The lowest BCUT2D eigenvalue weighted by atomic mass is 10.2. The molecule has 0 spiro atoms. The van der Waals surface area contributed by atoms with E-state index in [2.05, 4.69) is 10.3 Å². The Kier molecular flexibility index (Phi) is 7.99. The highest BCUT2D eigenvalue weighted by molar-refractivity contribution is 7.99. The summed E-state index contributed by atoms with van der Waals surface area (Å²) < 4.78 is 25.6. The van der Waals surface area contributed by atoms with E-state index in [1.807, 2.05) is 53.1 Å². The zero-order valence-corrected chi connectivity index (χ0v) is 19.9. The Morgan fingerprint density at radius 2 is 1.83 bits per heavy atom. The number of fused-ring (bicyclic) bond motifs is 1. The molecule has 0 saturated heterocycles. The average Bonchev–Trinajstić information content (AvgIpc) is 3.23. The van der Waals surface area contributed by atoms with Gasteiger partial charge < -0.3 is 19.4 Å². The fraction of sp³-hybridized carbons (Fsp3) is 0.192. The number of aromatic nitrogens is 2. The van der Waals surface area contributed by atoms with Crippen LogP contribution in [-0.2, 0) is 27.4 Å². The molecule has 3 aromatic carbocycles. The molecular weight excluding hydrogens is 469 g/mol. The third-order valence-corrected chi connectivity index (χ3v) is 6.13. The van der Waals surface area contributed by atoms with E-state index in [-0.39, 0.29) is 18.2 Å². The molecule has 9 heteroatoms. The van der Waals surface area contributed by atoms with Crippen LogP contribution in [0.4, 0.5) is 4.39 Å². The molecule has 180 valence electrons. The summed E-state index contributed by atoms with van der Waals surface area (Å²) in [5.41, 5.74) is 3.48. The van der Waals surface area contributed by atoms with Crippen LogP contribution in [0.2, 0.25) is 0 Å². The van der Waals surface area contributed by atoms with Gasteiger partial charge in [-0.15, -0.1) is 0 Å². The van der Waals surface area contributed by atoms with E-state index in [1.165, 1.54) is 23.9 Å². The second-order valence-electron chi connectivity index (χ2n) is 7.67. The number of para-hydroxylation sites is 2. The molecule has 0 saturated carbocycles. The van der Waals surface area contributed by atoms with Crippen LogP contribution >= 0.6 is 11.8 Å². The van der Waals surface area contributed by atoms with Gasteiger partial charge in [0.2, 0.25) is 0 Å². The van der Waals surface area contributed by atoms with Gasteiger partial charge >= 0.3 is 5.97 Å². The van der Waals surface area contributed by atoms with Crippen molar-refractivity contribution in [3.05, 3.63) is 89.7 Å². The third kappa shape index (κ3) is 6.60. The van der Waals surface area contributed by atoms with Crippen LogP contribution in [0.1, 0.15) is 11.1 Å². The van der Waals surface area contributed by atoms with Crippen molar-refractivity contribution in [1.29, 1.82) is 0 Å². The highest BCUT2D eigenvalue weighted by Crippen LogP contribution is 2.25. The lowest BCUT2D eigenvalue weighted by Crippen LogP contribution is -2.28. The number of amides is 1. The molecular formula is C26H24FN3O4S. The number of halogens is 1. The van der Waals surface area contributed by atoms with Gasteiger partial charge in [0, 0.05) is 6.54 Å². The third-order valence-electron chi connectivity index (χ3n) is 5.18. The van der Waals surface area contributed by atoms with E-state index in [9.17, 15) is 14.0 Å². The largest absolute Gasteiger partial charge is 0.497 e. The molecule has 1 aromatic heterocycles. The van der Waals surface area contributed by atoms with Crippen molar-refractivity contribution in [2.75, 3.05) is 19.5 Å². The van der Waals surface area contributed by atoms with Crippen molar-refractivity contribution in [2.24, 2.45) is 0 Å². The fourth-order valence-corrected chi connectivity index (χ4v) is 4.25. The zero-order chi connectivity index (χ0) is 24.6. The van der Waals surface area contributed by atoms with Gasteiger partial charge in [-0.25, -0.2) is 9.37 Å².